The molecular formula is C34H33N3O6S. The van der Waals surface area contributed by atoms with Gasteiger partial charge in [0.15, 0.2) is 0 Å². The molecule has 226 valence electrons. The second kappa shape index (κ2) is 15.9. The summed E-state index contributed by atoms with van der Waals surface area (Å²) in [6.07, 6.45) is 1.54. The zero-order valence-electron chi connectivity index (χ0n) is 24.6. The number of nitrogens with one attached hydrogen (secondary N) is 3. The lowest BCUT2D eigenvalue weighted by atomic mass is 10.1. The largest absolute Gasteiger partial charge is 0.497 e. The minimum Gasteiger partial charge on any atom is -0.497 e. The number of thioether (sulfide) groups is 1. The Kier molecular flexibility index (Phi) is 11.4. The Bertz CT molecular complexity index is 1620. The zero-order chi connectivity index (χ0) is 31.3. The standard InChI is InChI=1S/C34H33N3O6S/c1-4-43-30-13-9-8-12-28(30)36-32(38)22-44-27-18-15-25(16-19-27)35-34(40)29(37-33(39)23-10-6-5-7-11-23)20-24-14-17-26(41-2)21-31(24)42-3/h5-21H,4,22H2,1-3H3,(H,35,40)(H,36,38)(H,37,39)/b29-20-. The predicted molar refractivity (Wildman–Crippen MR) is 173 cm³/mol. The van der Waals surface area contributed by atoms with Gasteiger partial charge < -0.3 is 30.2 Å². The van der Waals surface area contributed by atoms with Crippen molar-refractivity contribution in [1.29, 1.82) is 0 Å². The van der Waals surface area contributed by atoms with Gasteiger partial charge in [0.25, 0.3) is 11.8 Å². The number of carbonyl (C=O) groups is 3. The lowest BCUT2D eigenvalue weighted by Gasteiger charge is -2.13. The van der Waals surface area contributed by atoms with Gasteiger partial charge in [-0.15, -0.1) is 11.8 Å². The molecule has 4 rings (SSSR count). The summed E-state index contributed by atoms with van der Waals surface area (Å²) in [6, 6.07) is 28.1. The van der Waals surface area contributed by atoms with Crippen LogP contribution in [-0.4, -0.2) is 44.3 Å². The molecule has 10 heteroatoms. The fourth-order valence-corrected chi connectivity index (χ4v) is 4.75. The molecule has 4 aromatic rings. The third kappa shape index (κ3) is 8.89. The molecule has 3 N–H and O–H groups in total. The van der Waals surface area contributed by atoms with Gasteiger partial charge in [0.05, 0.1) is 32.3 Å². The predicted octanol–water partition coefficient (Wildman–Crippen LogP) is 6.24. The van der Waals surface area contributed by atoms with Crippen molar-refractivity contribution in [3.63, 3.8) is 0 Å². The van der Waals surface area contributed by atoms with E-state index in [1.807, 2.05) is 19.1 Å². The number of para-hydroxylation sites is 2. The third-order valence-corrected chi connectivity index (χ3v) is 7.22. The van der Waals surface area contributed by atoms with Crippen molar-refractivity contribution in [3.05, 3.63) is 114 Å². The summed E-state index contributed by atoms with van der Waals surface area (Å²) < 4.78 is 16.3. The molecule has 0 radical (unpaired) electrons. The van der Waals surface area contributed by atoms with Crippen LogP contribution >= 0.6 is 11.8 Å². The molecule has 0 saturated heterocycles. The highest BCUT2D eigenvalue weighted by molar-refractivity contribution is 8.00. The van der Waals surface area contributed by atoms with Crippen LogP contribution in [0.4, 0.5) is 11.4 Å². The highest BCUT2D eigenvalue weighted by atomic mass is 32.2. The van der Waals surface area contributed by atoms with Crippen molar-refractivity contribution in [1.82, 2.24) is 5.32 Å². The fraction of sp³-hybridized carbons (Fsp3) is 0.147. The summed E-state index contributed by atoms with van der Waals surface area (Å²) in [5, 5.41) is 8.43. The van der Waals surface area contributed by atoms with Gasteiger partial charge in [-0.2, -0.15) is 0 Å². The van der Waals surface area contributed by atoms with Crippen LogP contribution in [0.25, 0.3) is 6.08 Å². The maximum Gasteiger partial charge on any atom is 0.272 e. The monoisotopic (exact) mass is 611 g/mol. The summed E-state index contributed by atoms with van der Waals surface area (Å²) >= 11 is 1.36. The van der Waals surface area contributed by atoms with Crippen molar-refractivity contribution in [2.45, 2.75) is 11.8 Å². The molecule has 0 aliphatic carbocycles. The Labute approximate surface area is 260 Å². The van der Waals surface area contributed by atoms with Crippen molar-refractivity contribution in [2.75, 3.05) is 37.2 Å². The van der Waals surface area contributed by atoms with E-state index in [0.29, 0.717) is 46.4 Å². The van der Waals surface area contributed by atoms with Gasteiger partial charge >= 0.3 is 0 Å². The van der Waals surface area contributed by atoms with Crippen LogP contribution in [-0.2, 0) is 9.59 Å². The van der Waals surface area contributed by atoms with Gasteiger partial charge in [-0.25, -0.2) is 0 Å². The lowest BCUT2D eigenvalue weighted by molar-refractivity contribution is -0.114. The number of benzene rings is 4. The lowest BCUT2D eigenvalue weighted by Crippen LogP contribution is -2.30. The first-order valence-corrected chi connectivity index (χ1v) is 14.7. The molecule has 0 aliphatic heterocycles. The number of ether oxygens (including phenoxy) is 3. The molecule has 0 fully saturated rings. The molecular weight excluding hydrogens is 578 g/mol. The highest BCUT2D eigenvalue weighted by Gasteiger charge is 2.17. The molecule has 3 amide bonds. The van der Waals surface area contributed by atoms with Gasteiger partial charge in [0.1, 0.15) is 22.9 Å². The Morgan fingerprint density at radius 3 is 2.23 bits per heavy atom. The number of anilines is 2. The molecule has 4 aromatic carbocycles. The molecule has 0 bridgehead atoms. The van der Waals surface area contributed by atoms with Crippen molar-refractivity contribution in [3.8, 4) is 17.2 Å². The second-order valence-electron chi connectivity index (χ2n) is 9.23. The summed E-state index contributed by atoms with van der Waals surface area (Å²) in [6.45, 7) is 2.38. The van der Waals surface area contributed by atoms with Crippen LogP contribution in [0.2, 0.25) is 0 Å². The van der Waals surface area contributed by atoms with Crippen molar-refractivity contribution >= 4 is 46.9 Å². The number of rotatable bonds is 13. The molecule has 0 spiro atoms. The van der Waals surface area contributed by atoms with E-state index in [1.165, 1.54) is 18.9 Å². The van der Waals surface area contributed by atoms with Crippen LogP contribution < -0.4 is 30.2 Å². The van der Waals surface area contributed by atoms with Crippen LogP contribution in [0.5, 0.6) is 17.2 Å². The highest BCUT2D eigenvalue weighted by Crippen LogP contribution is 2.28. The normalized spacial score (nSPS) is 10.8. The number of hydrogen-bond acceptors (Lipinski definition) is 7. The molecule has 9 nitrogen and oxygen atoms in total. The zero-order valence-corrected chi connectivity index (χ0v) is 25.4. The summed E-state index contributed by atoms with van der Waals surface area (Å²) in [7, 11) is 3.06. The Hall–Kier alpha value is -5.22. The summed E-state index contributed by atoms with van der Waals surface area (Å²) in [5.41, 5.74) is 2.12. The molecule has 0 aliphatic rings. The molecule has 0 heterocycles. The summed E-state index contributed by atoms with van der Waals surface area (Å²) in [4.78, 5) is 39.8. The minimum absolute atomic E-state index is 0.0183. The van der Waals surface area contributed by atoms with E-state index in [-0.39, 0.29) is 17.4 Å². The quantitative estimate of drug-likeness (QED) is 0.121. The topological polar surface area (TPSA) is 115 Å². The van der Waals surface area contributed by atoms with Gasteiger partial charge in [-0.1, -0.05) is 30.3 Å². The number of methoxy groups -OCH3 is 2. The Morgan fingerprint density at radius 1 is 0.795 bits per heavy atom. The van der Waals surface area contributed by atoms with Gasteiger partial charge in [-0.3, -0.25) is 14.4 Å². The average Bonchev–Trinajstić information content (AvgIpc) is 3.05. The van der Waals surface area contributed by atoms with Crippen LogP contribution in [0, 0.1) is 0 Å². The third-order valence-electron chi connectivity index (χ3n) is 6.21. The fourth-order valence-electron chi connectivity index (χ4n) is 4.05. The van der Waals surface area contributed by atoms with Gasteiger partial charge in [0.2, 0.25) is 5.91 Å². The smallest absolute Gasteiger partial charge is 0.272 e. The number of carbonyl (C=O) groups excluding carboxylic acids is 3. The van der Waals surface area contributed by atoms with Crippen LogP contribution in [0.15, 0.2) is 108 Å². The van der Waals surface area contributed by atoms with E-state index in [2.05, 4.69) is 16.0 Å². The minimum atomic E-state index is -0.528. The van der Waals surface area contributed by atoms with Gasteiger partial charge in [0, 0.05) is 27.8 Å². The van der Waals surface area contributed by atoms with E-state index >= 15 is 0 Å². The van der Waals surface area contributed by atoms with E-state index in [1.54, 1.807) is 98.1 Å². The average molecular weight is 612 g/mol. The second-order valence-corrected chi connectivity index (χ2v) is 10.3. The Balaban J connectivity index is 1.45. The van der Waals surface area contributed by atoms with Crippen molar-refractivity contribution in [2.24, 2.45) is 0 Å². The number of hydrogen-bond donors (Lipinski definition) is 3. The van der Waals surface area contributed by atoms with E-state index < -0.39 is 11.8 Å². The van der Waals surface area contributed by atoms with Crippen molar-refractivity contribution < 1.29 is 28.6 Å². The van der Waals surface area contributed by atoms with Crippen LogP contribution in [0.1, 0.15) is 22.8 Å². The number of amides is 3. The first-order valence-electron chi connectivity index (χ1n) is 13.8. The summed E-state index contributed by atoms with van der Waals surface area (Å²) in [5.74, 6) is 0.728. The molecule has 0 atom stereocenters. The first-order chi connectivity index (χ1) is 21.4. The van der Waals surface area contributed by atoms with E-state index in [4.69, 9.17) is 14.2 Å². The van der Waals surface area contributed by atoms with Gasteiger partial charge in [-0.05, 0) is 73.7 Å². The first kappa shape index (κ1) is 31.7. The molecule has 44 heavy (non-hydrogen) atoms. The Morgan fingerprint density at radius 2 is 1.52 bits per heavy atom. The SMILES string of the molecule is CCOc1ccccc1NC(=O)CSc1ccc(NC(=O)/C(=C/c2ccc(OC)cc2OC)NC(=O)c2ccccc2)cc1. The molecule has 0 aromatic heterocycles. The molecule has 0 saturated carbocycles. The maximum absolute atomic E-state index is 13.4. The van der Waals surface area contributed by atoms with E-state index in [9.17, 15) is 14.4 Å². The molecule has 0 unspecified atom stereocenters. The van der Waals surface area contributed by atoms with E-state index in [0.717, 1.165) is 4.90 Å². The maximum atomic E-state index is 13.4. The van der Waals surface area contributed by atoms with Crippen LogP contribution in [0.3, 0.4) is 0 Å².